The van der Waals surface area contributed by atoms with Gasteiger partial charge in [-0.2, -0.15) is 13.2 Å². The minimum Gasteiger partial charge on any atom is -0.309 e. The van der Waals surface area contributed by atoms with E-state index in [0.29, 0.717) is 6.07 Å². The Morgan fingerprint density at radius 1 is 1.30 bits per heavy atom. The first-order chi connectivity index (χ1) is 8.99. The van der Waals surface area contributed by atoms with Gasteiger partial charge in [-0.15, -0.1) is 0 Å². The molecule has 1 atom stereocenters. The standard InChI is InChI=1S/C12H15F4NO2S/c1-8(7-20(2,18)19)17-6-9-3-4-10(13)5-11(9)12(14,15)16/h3-5,8,17H,6-7H2,1-2H3. The molecule has 0 spiro atoms. The normalized spacial score (nSPS) is 14.3. The van der Waals surface area contributed by atoms with E-state index in [1.165, 1.54) is 0 Å². The lowest BCUT2D eigenvalue weighted by atomic mass is 10.1. The highest BCUT2D eigenvalue weighted by atomic mass is 32.2. The summed E-state index contributed by atoms with van der Waals surface area (Å²) in [5.41, 5.74) is -1.18. The fourth-order valence-electron chi connectivity index (χ4n) is 1.76. The number of hydrogen-bond acceptors (Lipinski definition) is 3. The highest BCUT2D eigenvalue weighted by Crippen LogP contribution is 2.32. The van der Waals surface area contributed by atoms with Crippen LogP contribution in [0.5, 0.6) is 0 Å². The monoisotopic (exact) mass is 313 g/mol. The highest BCUT2D eigenvalue weighted by Gasteiger charge is 2.33. The van der Waals surface area contributed by atoms with Gasteiger partial charge in [0.2, 0.25) is 0 Å². The second kappa shape index (κ2) is 6.09. The molecular weight excluding hydrogens is 298 g/mol. The van der Waals surface area contributed by atoms with Gasteiger partial charge < -0.3 is 5.32 Å². The van der Waals surface area contributed by atoms with Gasteiger partial charge in [-0.25, -0.2) is 12.8 Å². The number of benzene rings is 1. The highest BCUT2D eigenvalue weighted by molar-refractivity contribution is 7.90. The van der Waals surface area contributed by atoms with Crippen molar-refractivity contribution in [3.63, 3.8) is 0 Å². The number of hydrogen-bond donors (Lipinski definition) is 1. The van der Waals surface area contributed by atoms with Gasteiger partial charge in [-0.05, 0) is 24.6 Å². The van der Waals surface area contributed by atoms with Crippen LogP contribution in [-0.2, 0) is 22.6 Å². The predicted octanol–water partition coefficient (Wildman–Crippen LogP) is 2.37. The lowest BCUT2D eigenvalue weighted by Crippen LogP contribution is -2.32. The first-order valence-corrected chi connectivity index (χ1v) is 7.82. The molecule has 0 fully saturated rings. The van der Waals surface area contributed by atoms with E-state index in [2.05, 4.69) is 5.32 Å². The second-order valence-electron chi connectivity index (χ2n) is 4.67. The van der Waals surface area contributed by atoms with Crippen molar-refractivity contribution in [2.75, 3.05) is 12.0 Å². The van der Waals surface area contributed by atoms with E-state index in [-0.39, 0.29) is 17.9 Å². The van der Waals surface area contributed by atoms with Crippen LogP contribution in [0.4, 0.5) is 17.6 Å². The van der Waals surface area contributed by atoms with Crippen molar-refractivity contribution < 1.29 is 26.0 Å². The molecule has 1 unspecified atom stereocenters. The zero-order valence-electron chi connectivity index (χ0n) is 11.0. The Morgan fingerprint density at radius 3 is 2.40 bits per heavy atom. The number of rotatable bonds is 5. The van der Waals surface area contributed by atoms with Crippen LogP contribution in [0, 0.1) is 5.82 Å². The van der Waals surface area contributed by atoms with Crippen LogP contribution in [-0.4, -0.2) is 26.5 Å². The molecule has 0 radical (unpaired) electrons. The van der Waals surface area contributed by atoms with Crippen molar-refractivity contribution >= 4 is 9.84 Å². The van der Waals surface area contributed by atoms with Crippen LogP contribution in [0.1, 0.15) is 18.1 Å². The average molecular weight is 313 g/mol. The van der Waals surface area contributed by atoms with Crippen molar-refractivity contribution in [1.82, 2.24) is 5.32 Å². The Morgan fingerprint density at radius 2 is 1.90 bits per heavy atom. The topological polar surface area (TPSA) is 46.2 Å². The van der Waals surface area contributed by atoms with E-state index < -0.39 is 33.4 Å². The summed E-state index contributed by atoms with van der Waals surface area (Å²) in [4.78, 5) is 0. The molecule has 1 aromatic rings. The minimum absolute atomic E-state index is 0.126. The summed E-state index contributed by atoms with van der Waals surface area (Å²) in [7, 11) is -3.22. The van der Waals surface area contributed by atoms with Crippen LogP contribution < -0.4 is 5.32 Å². The molecule has 1 rings (SSSR count). The fourth-order valence-corrected chi connectivity index (χ4v) is 2.79. The summed E-state index contributed by atoms with van der Waals surface area (Å²) in [5, 5.41) is 2.69. The Bertz CT molecular complexity index is 569. The van der Waals surface area contributed by atoms with Gasteiger partial charge >= 0.3 is 6.18 Å². The van der Waals surface area contributed by atoms with Gasteiger partial charge in [0.1, 0.15) is 15.7 Å². The first kappa shape index (κ1) is 16.9. The Hall–Kier alpha value is -1.15. The minimum atomic E-state index is -4.65. The molecule has 0 saturated carbocycles. The summed E-state index contributed by atoms with van der Waals surface area (Å²) in [5.74, 6) is -1.15. The molecule has 1 aromatic carbocycles. The molecular formula is C12H15F4NO2S. The molecule has 114 valence electrons. The third kappa shape index (κ3) is 5.46. The van der Waals surface area contributed by atoms with Crippen LogP contribution in [0.25, 0.3) is 0 Å². The molecule has 0 aromatic heterocycles. The SMILES string of the molecule is CC(CS(C)(=O)=O)NCc1ccc(F)cc1C(F)(F)F. The molecule has 0 amide bonds. The smallest absolute Gasteiger partial charge is 0.309 e. The Kier molecular flexibility index (Phi) is 5.15. The quantitative estimate of drug-likeness (QED) is 0.849. The van der Waals surface area contributed by atoms with E-state index in [1.807, 2.05) is 0 Å². The lowest BCUT2D eigenvalue weighted by molar-refractivity contribution is -0.138. The third-order valence-corrected chi connectivity index (χ3v) is 3.68. The summed E-state index contributed by atoms with van der Waals surface area (Å²) >= 11 is 0. The maximum atomic E-state index is 12.9. The maximum Gasteiger partial charge on any atom is 0.416 e. The molecule has 0 heterocycles. The summed E-state index contributed by atoms with van der Waals surface area (Å²) in [6.07, 6.45) is -3.61. The van der Waals surface area contributed by atoms with Gasteiger partial charge in [0, 0.05) is 18.8 Å². The summed E-state index contributed by atoms with van der Waals surface area (Å²) in [6.45, 7) is 1.36. The van der Waals surface area contributed by atoms with Gasteiger partial charge in [0.25, 0.3) is 0 Å². The van der Waals surface area contributed by atoms with Gasteiger partial charge in [-0.1, -0.05) is 6.07 Å². The van der Waals surface area contributed by atoms with Gasteiger partial charge in [-0.3, -0.25) is 0 Å². The first-order valence-electron chi connectivity index (χ1n) is 5.76. The molecule has 0 aliphatic carbocycles. The van der Waals surface area contributed by atoms with Crippen molar-refractivity contribution in [3.05, 3.63) is 35.1 Å². The average Bonchev–Trinajstić information content (AvgIpc) is 2.23. The molecule has 0 bridgehead atoms. The fraction of sp³-hybridized carbons (Fsp3) is 0.500. The van der Waals surface area contributed by atoms with E-state index in [9.17, 15) is 26.0 Å². The lowest BCUT2D eigenvalue weighted by Gasteiger charge is -2.16. The molecule has 0 aliphatic heterocycles. The molecule has 1 N–H and O–H groups in total. The number of sulfone groups is 1. The Labute approximate surface area is 114 Å². The van der Waals surface area contributed by atoms with E-state index in [4.69, 9.17) is 0 Å². The molecule has 20 heavy (non-hydrogen) atoms. The van der Waals surface area contributed by atoms with Crippen LogP contribution >= 0.6 is 0 Å². The third-order valence-electron chi connectivity index (χ3n) is 2.57. The zero-order valence-corrected chi connectivity index (χ0v) is 11.8. The number of halogens is 4. The van der Waals surface area contributed by atoms with Crippen LogP contribution in [0.15, 0.2) is 18.2 Å². The van der Waals surface area contributed by atoms with Crippen molar-refractivity contribution in [2.45, 2.75) is 25.7 Å². The molecule has 0 aliphatic rings. The number of alkyl halides is 3. The van der Waals surface area contributed by atoms with Crippen LogP contribution in [0.2, 0.25) is 0 Å². The van der Waals surface area contributed by atoms with Gasteiger partial charge in [0.05, 0.1) is 11.3 Å². The zero-order chi connectivity index (χ0) is 15.6. The molecule has 0 saturated heterocycles. The van der Waals surface area contributed by atoms with E-state index >= 15 is 0 Å². The maximum absolute atomic E-state index is 12.9. The molecule has 8 heteroatoms. The largest absolute Gasteiger partial charge is 0.416 e. The van der Waals surface area contributed by atoms with Crippen LogP contribution in [0.3, 0.4) is 0 Å². The van der Waals surface area contributed by atoms with E-state index in [1.54, 1.807) is 6.92 Å². The van der Waals surface area contributed by atoms with Crippen molar-refractivity contribution in [2.24, 2.45) is 0 Å². The Balaban J connectivity index is 2.83. The summed E-state index contributed by atoms with van der Waals surface area (Å²) in [6, 6.07) is 1.90. The predicted molar refractivity (Wildman–Crippen MR) is 67.4 cm³/mol. The van der Waals surface area contributed by atoms with Crippen molar-refractivity contribution in [3.8, 4) is 0 Å². The second-order valence-corrected chi connectivity index (χ2v) is 6.86. The molecule has 3 nitrogen and oxygen atoms in total. The summed E-state index contributed by atoms with van der Waals surface area (Å²) < 4.78 is 73.2. The van der Waals surface area contributed by atoms with Gasteiger partial charge in [0.15, 0.2) is 0 Å². The van der Waals surface area contributed by atoms with Crippen molar-refractivity contribution in [1.29, 1.82) is 0 Å². The van der Waals surface area contributed by atoms with E-state index in [0.717, 1.165) is 18.4 Å². The number of nitrogens with one attached hydrogen (secondary N) is 1.